The first kappa shape index (κ1) is 12.9. The van der Waals surface area contributed by atoms with E-state index in [1.807, 2.05) is 0 Å². The standard InChI is InChI=1S/C12H27N3/c1-4-13-9-10-15(11(2)3)12-5-7-14-8-6-12/h11-14H,4-10H2,1-3H3. The molecule has 0 aliphatic carbocycles. The zero-order valence-electron chi connectivity index (χ0n) is 10.6. The van der Waals surface area contributed by atoms with Gasteiger partial charge < -0.3 is 10.6 Å². The van der Waals surface area contributed by atoms with Gasteiger partial charge >= 0.3 is 0 Å². The Balaban J connectivity index is 2.34. The van der Waals surface area contributed by atoms with Gasteiger partial charge in [-0.3, -0.25) is 4.90 Å². The van der Waals surface area contributed by atoms with Crippen molar-refractivity contribution in [3.8, 4) is 0 Å². The second-order valence-corrected chi connectivity index (χ2v) is 4.67. The van der Waals surface area contributed by atoms with Gasteiger partial charge in [-0.1, -0.05) is 6.92 Å². The maximum atomic E-state index is 3.43. The van der Waals surface area contributed by atoms with Crippen molar-refractivity contribution in [2.24, 2.45) is 0 Å². The molecular weight excluding hydrogens is 186 g/mol. The Morgan fingerprint density at radius 2 is 2.00 bits per heavy atom. The minimum atomic E-state index is 0.673. The fourth-order valence-corrected chi connectivity index (χ4v) is 2.39. The van der Waals surface area contributed by atoms with Gasteiger partial charge in [0.25, 0.3) is 0 Å². The fourth-order valence-electron chi connectivity index (χ4n) is 2.39. The predicted octanol–water partition coefficient (Wildman–Crippen LogP) is 1.06. The maximum absolute atomic E-state index is 3.43. The molecule has 3 heteroatoms. The highest BCUT2D eigenvalue weighted by Crippen LogP contribution is 2.14. The molecule has 0 aromatic heterocycles. The van der Waals surface area contributed by atoms with Crippen molar-refractivity contribution in [2.75, 3.05) is 32.7 Å². The van der Waals surface area contributed by atoms with Gasteiger partial charge in [0.2, 0.25) is 0 Å². The van der Waals surface area contributed by atoms with Crippen molar-refractivity contribution in [3.63, 3.8) is 0 Å². The van der Waals surface area contributed by atoms with Crippen molar-refractivity contribution in [1.29, 1.82) is 0 Å². The molecule has 3 nitrogen and oxygen atoms in total. The minimum Gasteiger partial charge on any atom is -0.317 e. The topological polar surface area (TPSA) is 27.3 Å². The van der Waals surface area contributed by atoms with Gasteiger partial charge in [0, 0.05) is 25.2 Å². The maximum Gasteiger partial charge on any atom is 0.0123 e. The van der Waals surface area contributed by atoms with Crippen LogP contribution in [0.2, 0.25) is 0 Å². The average molecular weight is 213 g/mol. The number of rotatable bonds is 6. The van der Waals surface area contributed by atoms with Gasteiger partial charge in [0.05, 0.1) is 0 Å². The number of nitrogens with one attached hydrogen (secondary N) is 2. The number of nitrogens with zero attached hydrogens (tertiary/aromatic N) is 1. The molecular formula is C12H27N3. The van der Waals surface area contributed by atoms with Crippen LogP contribution in [-0.4, -0.2) is 49.7 Å². The molecule has 0 atom stereocenters. The summed E-state index contributed by atoms with van der Waals surface area (Å²) in [5.74, 6) is 0. The second-order valence-electron chi connectivity index (χ2n) is 4.67. The van der Waals surface area contributed by atoms with E-state index in [0.717, 1.165) is 19.1 Å². The van der Waals surface area contributed by atoms with Crippen molar-refractivity contribution < 1.29 is 0 Å². The summed E-state index contributed by atoms with van der Waals surface area (Å²) < 4.78 is 0. The Morgan fingerprint density at radius 3 is 2.53 bits per heavy atom. The summed E-state index contributed by atoms with van der Waals surface area (Å²) >= 11 is 0. The van der Waals surface area contributed by atoms with Gasteiger partial charge in [0.1, 0.15) is 0 Å². The van der Waals surface area contributed by atoms with Crippen LogP contribution in [0.3, 0.4) is 0 Å². The Bertz CT molecular complexity index is 153. The summed E-state index contributed by atoms with van der Waals surface area (Å²) in [5, 5.41) is 6.85. The van der Waals surface area contributed by atoms with Gasteiger partial charge in [-0.05, 0) is 46.3 Å². The Kier molecular flexibility index (Phi) is 6.22. The first-order chi connectivity index (χ1) is 7.25. The number of hydrogen-bond acceptors (Lipinski definition) is 3. The van der Waals surface area contributed by atoms with E-state index < -0.39 is 0 Å². The van der Waals surface area contributed by atoms with E-state index in [1.165, 1.54) is 32.5 Å². The molecule has 0 aromatic rings. The zero-order chi connectivity index (χ0) is 11.1. The highest BCUT2D eigenvalue weighted by Gasteiger charge is 2.22. The molecule has 0 saturated carbocycles. The average Bonchev–Trinajstić information content (AvgIpc) is 2.25. The van der Waals surface area contributed by atoms with Gasteiger partial charge in [-0.2, -0.15) is 0 Å². The third-order valence-electron chi connectivity index (χ3n) is 3.24. The fraction of sp³-hybridized carbons (Fsp3) is 1.00. The summed E-state index contributed by atoms with van der Waals surface area (Å²) in [4.78, 5) is 2.66. The molecule has 1 fully saturated rings. The molecule has 2 N–H and O–H groups in total. The molecule has 1 aliphatic rings. The molecule has 0 unspecified atom stereocenters. The Hall–Kier alpha value is -0.120. The van der Waals surface area contributed by atoms with Crippen LogP contribution < -0.4 is 10.6 Å². The zero-order valence-corrected chi connectivity index (χ0v) is 10.6. The largest absolute Gasteiger partial charge is 0.317 e. The van der Waals surface area contributed by atoms with E-state index in [9.17, 15) is 0 Å². The monoisotopic (exact) mass is 213 g/mol. The molecule has 1 saturated heterocycles. The molecule has 15 heavy (non-hydrogen) atoms. The van der Waals surface area contributed by atoms with Crippen molar-refractivity contribution in [3.05, 3.63) is 0 Å². The highest BCUT2D eigenvalue weighted by atomic mass is 15.2. The summed E-state index contributed by atoms with van der Waals surface area (Å²) in [6, 6.07) is 1.47. The van der Waals surface area contributed by atoms with Crippen molar-refractivity contribution in [2.45, 2.75) is 45.7 Å². The van der Waals surface area contributed by atoms with E-state index in [4.69, 9.17) is 0 Å². The molecule has 90 valence electrons. The number of piperidine rings is 1. The lowest BCUT2D eigenvalue weighted by molar-refractivity contribution is 0.127. The highest BCUT2D eigenvalue weighted by molar-refractivity contribution is 4.80. The summed E-state index contributed by atoms with van der Waals surface area (Å²) in [5.41, 5.74) is 0. The van der Waals surface area contributed by atoms with Crippen molar-refractivity contribution >= 4 is 0 Å². The molecule has 0 aromatic carbocycles. The third kappa shape index (κ3) is 4.49. The molecule has 0 radical (unpaired) electrons. The second kappa shape index (κ2) is 7.20. The number of likely N-dealkylation sites (N-methyl/N-ethyl adjacent to an activating group) is 1. The molecule has 0 spiro atoms. The SMILES string of the molecule is CCNCCN(C(C)C)C1CCNCC1. The molecule has 1 rings (SSSR count). The van der Waals surface area contributed by atoms with Gasteiger partial charge in [-0.25, -0.2) is 0 Å². The molecule has 0 bridgehead atoms. The van der Waals surface area contributed by atoms with Crippen LogP contribution in [0, 0.1) is 0 Å². The first-order valence-electron chi connectivity index (χ1n) is 6.43. The summed E-state index contributed by atoms with van der Waals surface area (Å²) in [6.45, 7) is 12.6. The van der Waals surface area contributed by atoms with Gasteiger partial charge in [-0.15, -0.1) is 0 Å². The van der Waals surface area contributed by atoms with Crippen LogP contribution in [0.4, 0.5) is 0 Å². The lowest BCUT2D eigenvalue weighted by atomic mass is 10.0. The molecule has 0 amide bonds. The van der Waals surface area contributed by atoms with E-state index in [0.29, 0.717) is 6.04 Å². The van der Waals surface area contributed by atoms with Gasteiger partial charge in [0.15, 0.2) is 0 Å². The Labute approximate surface area is 94.6 Å². The van der Waals surface area contributed by atoms with Crippen LogP contribution in [0.25, 0.3) is 0 Å². The van der Waals surface area contributed by atoms with Crippen molar-refractivity contribution in [1.82, 2.24) is 15.5 Å². The normalized spacial score (nSPS) is 19.0. The van der Waals surface area contributed by atoms with Crippen LogP contribution in [0.15, 0.2) is 0 Å². The van der Waals surface area contributed by atoms with E-state index >= 15 is 0 Å². The van der Waals surface area contributed by atoms with Crippen LogP contribution >= 0.6 is 0 Å². The first-order valence-corrected chi connectivity index (χ1v) is 6.43. The molecule has 1 heterocycles. The van der Waals surface area contributed by atoms with E-state index in [2.05, 4.69) is 36.3 Å². The Morgan fingerprint density at radius 1 is 1.33 bits per heavy atom. The molecule has 1 aliphatic heterocycles. The predicted molar refractivity (Wildman–Crippen MR) is 66.3 cm³/mol. The lowest BCUT2D eigenvalue weighted by Crippen LogP contribution is -2.48. The van der Waals surface area contributed by atoms with E-state index in [-0.39, 0.29) is 0 Å². The lowest BCUT2D eigenvalue weighted by Gasteiger charge is -2.37. The summed E-state index contributed by atoms with van der Waals surface area (Å²) in [6.07, 6.45) is 2.62. The van der Waals surface area contributed by atoms with Crippen LogP contribution in [-0.2, 0) is 0 Å². The van der Waals surface area contributed by atoms with Crippen LogP contribution in [0.1, 0.15) is 33.6 Å². The third-order valence-corrected chi connectivity index (χ3v) is 3.24. The smallest absolute Gasteiger partial charge is 0.0123 e. The van der Waals surface area contributed by atoms with Crippen LogP contribution in [0.5, 0.6) is 0 Å². The summed E-state index contributed by atoms with van der Waals surface area (Å²) in [7, 11) is 0. The number of hydrogen-bond donors (Lipinski definition) is 2. The quantitative estimate of drug-likeness (QED) is 0.646. The minimum absolute atomic E-state index is 0.673. The van der Waals surface area contributed by atoms with E-state index in [1.54, 1.807) is 0 Å².